The molecular weight excluding hydrogens is 348 g/mol. The van der Waals surface area contributed by atoms with Crippen molar-refractivity contribution in [2.45, 2.75) is 12.8 Å². The Labute approximate surface area is 158 Å². The second kappa shape index (κ2) is 10.7. The lowest BCUT2D eigenvalue weighted by Gasteiger charge is -2.08. The third-order valence-electron chi connectivity index (χ3n) is 3.58. The Morgan fingerprint density at radius 2 is 1.48 bits per heavy atom. The van der Waals surface area contributed by atoms with Crippen molar-refractivity contribution in [2.75, 3.05) is 20.3 Å². The van der Waals surface area contributed by atoms with Gasteiger partial charge in [-0.2, -0.15) is 0 Å². The van der Waals surface area contributed by atoms with Crippen LogP contribution in [0.15, 0.2) is 61.2 Å². The van der Waals surface area contributed by atoms with Crippen molar-refractivity contribution < 1.29 is 28.5 Å². The van der Waals surface area contributed by atoms with Gasteiger partial charge in [0.1, 0.15) is 17.2 Å². The van der Waals surface area contributed by atoms with E-state index in [4.69, 9.17) is 18.9 Å². The molecule has 2 aromatic carbocycles. The van der Waals surface area contributed by atoms with Gasteiger partial charge in [0.05, 0.1) is 25.9 Å². The van der Waals surface area contributed by atoms with Crippen molar-refractivity contribution in [1.29, 1.82) is 0 Å². The van der Waals surface area contributed by atoms with Gasteiger partial charge in [0.25, 0.3) is 0 Å². The number of rotatable bonds is 10. The van der Waals surface area contributed by atoms with Gasteiger partial charge in [-0.3, -0.25) is 0 Å². The molecule has 0 amide bonds. The van der Waals surface area contributed by atoms with Crippen LogP contribution in [-0.2, 0) is 9.53 Å². The molecule has 6 heteroatoms. The van der Waals surface area contributed by atoms with Crippen LogP contribution >= 0.6 is 0 Å². The topological polar surface area (TPSA) is 71.1 Å². The lowest BCUT2D eigenvalue weighted by Crippen LogP contribution is -2.08. The first kappa shape index (κ1) is 20.0. The van der Waals surface area contributed by atoms with Crippen molar-refractivity contribution in [3.63, 3.8) is 0 Å². The number of hydrogen-bond acceptors (Lipinski definition) is 6. The summed E-state index contributed by atoms with van der Waals surface area (Å²) in [6.07, 6.45) is 2.58. The minimum Gasteiger partial charge on any atom is -0.497 e. The first-order valence-corrected chi connectivity index (χ1v) is 8.50. The molecule has 0 saturated heterocycles. The predicted octanol–water partition coefficient (Wildman–Crippen LogP) is 3.80. The average Bonchev–Trinajstić information content (AvgIpc) is 2.71. The molecule has 0 heterocycles. The molecule has 0 spiro atoms. The van der Waals surface area contributed by atoms with Crippen molar-refractivity contribution in [3.05, 3.63) is 66.7 Å². The molecule has 0 fully saturated rings. The Kier molecular flexibility index (Phi) is 7.91. The summed E-state index contributed by atoms with van der Waals surface area (Å²) in [5.41, 5.74) is 0.425. The fourth-order valence-electron chi connectivity index (χ4n) is 2.12. The number of ether oxygens (including phenoxy) is 4. The highest BCUT2D eigenvalue weighted by Crippen LogP contribution is 2.19. The SMILES string of the molecule is C=CC(=O)OCCCCOc1ccc(C(=O)Oc2ccc(OC)cc2)cc1. The van der Waals surface area contributed by atoms with E-state index in [1.165, 1.54) is 0 Å². The van der Waals surface area contributed by atoms with Crippen LogP contribution in [0.4, 0.5) is 0 Å². The van der Waals surface area contributed by atoms with Gasteiger partial charge in [0.2, 0.25) is 0 Å². The van der Waals surface area contributed by atoms with Crippen molar-refractivity contribution in [1.82, 2.24) is 0 Å². The van der Waals surface area contributed by atoms with Crippen LogP contribution in [0.3, 0.4) is 0 Å². The van der Waals surface area contributed by atoms with Gasteiger partial charge in [0.15, 0.2) is 0 Å². The van der Waals surface area contributed by atoms with Crippen LogP contribution in [0.5, 0.6) is 17.2 Å². The molecule has 0 aliphatic rings. The molecule has 0 aromatic heterocycles. The Hall–Kier alpha value is -3.28. The van der Waals surface area contributed by atoms with E-state index in [1.54, 1.807) is 55.6 Å². The summed E-state index contributed by atoms with van der Waals surface area (Å²) in [6.45, 7) is 4.15. The second-order valence-electron chi connectivity index (χ2n) is 5.52. The van der Waals surface area contributed by atoms with E-state index < -0.39 is 11.9 Å². The molecule has 0 aliphatic heterocycles. The number of unbranched alkanes of at least 4 members (excludes halogenated alkanes) is 1. The Balaban J connectivity index is 1.74. The third-order valence-corrected chi connectivity index (χ3v) is 3.58. The predicted molar refractivity (Wildman–Crippen MR) is 100 cm³/mol. The molecule has 0 unspecified atom stereocenters. The van der Waals surface area contributed by atoms with E-state index in [0.717, 1.165) is 12.5 Å². The monoisotopic (exact) mass is 370 g/mol. The minimum atomic E-state index is -0.448. The van der Waals surface area contributed by atoms with Gasteiger partial charge in [-0.1, -0.05) is 6.58 Å². The van der Waals surface area contributed by atoms with Crippen LogP contribution in [0, 0.1) is 0 Å². The molecule has 0 atom stereocenters. The zero-order valence-corrected chi connectivity index (χ0v) is 15.2. The highest BCUT2D eigenvalue weighted by Gasteiger charge is 2.09. The number of hydrogen-bond donors (Lipinski definition) is 0. The van der Waals surface area contributed by atoms with E-state index >= 15 is 0 Å². The lowest BCUT2D eigenvalue weighted by atomic mass is 10.2. The summed E-state index contributed by atoms with van der Waals surface area (Å²) >= 11 is 0. The molecule has 142 valence electrons. The number of benzene rings is 2. The molecule has 2 aromatic rings. The van der Waals surface area contributed by atoms with Crippen LogP contribution in [0.2, 0.25) is 0 Å². The van der Waals surface area contributed by atoms with Crippen LogP contribution in [0.1, 0.15) is 23.2 Å². The smallest absolute Gasteiger partial charge is 0.343 e. The standard InChI is InChI=1S/C21H22O6/c1-3-20(22)26-15-5-4-14-25-18-8-6-16(7-9-18)21(23)27-19-12-10-17(24-2)11-13-19/h3,6-13H,1,4-5,14-15H2,2H3. The van der Waals surface area contributed by atoms with Gasteiger partial charge in [0, 0.05) is 6.08 Å². The Bertz CT molecular complexity index is 749. The molecule has 0 bridgehead atoms. The van der Waals surface area contributed by atoms with Gasteiger partial charge in [-0.15, -0.1) is 0 Å². The summed E-state index contributed by atoms with van der Waals surface area (Å²) in [5, 5.41) is 0. The third kappa shape index (κ3) is 6.86. The average molecular weight is 370 g/mol. The van der Waals surface area contributed by atoms with E-state index in [9.17, 15) is 9.59 Å². The van der Waals surface area contributed by atoms with Crippen LogP contribution in [0.25, 0.3) is 0 Å². The lowest BCUT2D eigenvalue weighted by molar-refractivity contribution is -0.137. The fraction of sp³-hybridized carbons (Fsp3) is 0.238. The Morgan fingerprint density at radius 3 is 2.11 bits per heavy atom. The molecule has 0 radical (unpaired) electrons. The summed E-state index contributed by atoms with van der Waals surface area (Å²) < 4.78 is 20.8. The van der Waals surface area contributed by atoms with E-state index in [0.29, 0.717) is 42.4 Å². The highest BCUT2D eigenvalue weighted by molar-refractivity contribution is 5.91. The van der Waals surface area contributed by atoms with Crippen molar-refractivity contribution in [2.24, 2.45) is 0 Å². The number of carbonyl (C=O) groups is 2. The van der Waals surface area contributed by atoms with Crippen molar-refractivity contribution >= 4 is 11.9 Å². The van der Waals surface area contributed by atoms with E-state index in [1.807, 2.05) is 0 Å². The maximum absolute atomic E-state index is 12.1. The van der Waals surface area contributed by atoms with Crippen LogP contribution in [-0.4, -0.2) is 32.3 Å². The summed E-state index contributed by atoms with van der Waals surface area (Å²) in [5.74, 6) is 0.913. The number of esters is 2. The number of methoxy groups -OCH3 is 1. The van der Waals surface area contributed by atoms with E-state index in [-0.39, 0.29) is 0 Å². The molecule has 0 saturated carbocycles. The fourth-order valence-corrected chi connectivity index (χ4v) is 2.12. The number of carbonyl (C=O) groups excluding carboxylic acids is 2. The summed E-state index contributed by atoms with van der Waals surface area (Å²) in [6, 6.07) is 13.5. The van der Waals surface area contributed by atoms with E-state index in [2.05, 4.69) is 6.58 Å². The second-order valence-corrected chi connectivity index (χ2v) is 5.52. The first-order valence-electron chi connectivity index (χ1n) is 8.50. The van der Waals surface area contributed by atoms with Crippen molar-refractivity contribution in [3.8, 4) is 17.2 Å². The molecular formula is C21H22O6. The quantitative estimate of drug-likeness (QED) is 0.274. The Morgan fingerprint density at radius 1 is 0.889 bits per heavy atom. The molecule has 27 heavy (non-hydrogen) atoms. The summed E-state index contributed by atoms with van der Waals surface area (Å²) in [4.78, 5) is 23.0. The molecule has 6 nitrogen and oxygen atoms in total. The maximum Gasteiger partial charge on any atom is 0.343 e. The van der Waals surface area contributed by atoms with Gasteiger partial charge in [-0.25, -0.2) is 9.59 Å². The first-order chi connectivity index (χ1) is 13.1. The molecule has 0 N–H and O–H groups in total. The zero-order valence-electron chi connectivity index (χ0n) is 15.2. The van der Waals surface area contributed by atoms with Gasteiger partial charge < -0.3 is 18.9 Å². The summed E-state index contributed by atoms with van der Waals surface area (Å²) in [7, 11) is 1.57. The zero-order chi connectivity index (χ0) is 19.5. The molecule has 0 aliphatic carbocycles. The normalized spacial score (nSPS) is 9.96. The highest BCUT2D eigenvalue weighted by atomic mass is 16.5. The largest absolute Gasteiger partial charge is 0.497 e. The molecule has 2 rings (SSSR count). The van der Waals surface area contributed by atoms with Crippen LogP contribution < -0.4 is 14.2 Å². The van der Waals surface area contributed by atoms with Gasteiger partial charge in [-0.05, 0) is 61.4 Å². The minimum absolute atomic E-state index is 0.338. The van der Waals surface area contributed by atoms with Gasteiger partial charge >= 0.3 is 11.9 Å². The maximum atomic E-state index is 12.1.